The van der Waals surface area contributed by atoms with Gasteiger partial charge in [0, 0.05) is 24.2 Å². The summed E-state index contributed by atoms with van der Waals surface area (Å²) in [5.74, 6) is -1.08. The fraction of sp³-hybridized carbons (Fsp3) is 0.136. The highest BCUT2D eigenvalue weighted by Gasteiger charge is 2.34. The van der Waals surface area contributed by atoms with Crippen molar-refractivity contribution >= 4 is 0 Å². The summed E-state index contributed by atoms with van der Waals surface area (Å²) in [5, 5.41) is 9.66. The van der Waals surface area contributed by atoms with E-state index >= 15 is 0 Å². The number of fused-ring (bicyclic) bond motifs is 1. The van der Waals surface area contributed by atoms with Gasteiger partial charge in [-0.05, 0) is 36.2 Å². The molecule has 0 fully saturated rings. The zero-order valence-corrected chi connectivity index (χ0v) is 15.6. The molecule has 1 aliphatic heterocycles. The van der Waals surface area contributed by atoms with Gasteiger partial charge in [0.2, 0.25) is 5.88 Å². The Morgan fingerprint density at radius 2 is 2.14 bits per heavy atom. The summed E-state index contributed by atoms with van der Waals surface area (Å²) >= 11 is 0. The van der Waals surface area contributed by atoms with E-state index in [0.717, 1.165) is 5.56 Å². The van der Waals surface area contributed by atoms with E-state index in [1.54, 1.807) is 42.1 Å². The van der Waals surface area contributed by atoms with Gasteiger partial charge in [0.25, 0.3) is 5.56 Å². The van der Waals surface area contributed by atoms with E-state index < -0.39 is 11.7 Å². The molecule has 4 rings (SSSR count). The Labute approximate surface area is 166 Å². The smallest absolute Gasteiger partial charge is 0.259 e. The molecule has 0 bridgehead atoms. The number of pyridine rings is 2. The second-order valence-corrected chi connectivity index (χ2v) is 6.80. The van der Waals surface area contributed by atoms with Crippen LogP contribution in [0, 0.1) is 24.1 Å². The average molecular weight is 388 g/mol. The topological polar surface area (TPSA) is 93.9 Å². The van der Waals surface area contributed by atoms with Crippen molar-refractivity contribution in [3.63, 3.8) is 0 Å². The Balaban J connectivity index is 1.94. The van der Waals surface area contributed by atoms with E-state index in [2.05, 4.69) is 4.98 Å². The molecular weight excluding hydrogens is 371 g/mol. The van der Waals surface area contributed by atoms with Crippen molar-refractivity contribution in [2.45, 2.75) is 19.4 Å². The molecule has 6 nitrogen and oxygen atoms in total. The Hall–Kier alpha value is -3.92. The molecule has 2 aromatic heterocycles. The molecule has 0 spiro atoms. The third-order valence-corrected chi connectivity index (χ3v) is 4.94. The Bertz CT molecular complexity index is 1230. The van der Waals surface area contributed by atoms with E-state index in [0.29, 0.717) is 17.8 Å². The maximum absolute atomic E-state index is 13.9. The largest absolute Gasteiger partial charge is 0.440 e. The van der Waals surface area contributed by atoms with Crippen molar-refractivity contribution in [3.05, 3.63) is 105 Å². The van der Waals surface area contributed by atoms with Crippen LogP contribution in [0.3, 0.4) is 0 Å². The number of nitrogens with zero attached hydrogens (tertiary/aromatic N) is 3. The number of halogens is 1. The zero-order chi connectivity index (χ0) is 20.5. The normalized spacial score (nSPS) is 15.4. The molecule has 144 valence electrons. The predicted molar refractivity (Wildman–Crippen MR) is 104 cm³/mol. The van der Waals surface area contributed by atoms with Crippen LogP contribution in [0.2, 0.25) is 0 Å². The fourth-order valence-electron chi connectivity index (χ4n) is 3.58. The summed E-state index contributed by atoms with van der Waals surface area (Å²) in [6.45, 7) is 2.10. The molecule has 7 heteroatoms. The van der Waals surface area contributed by atoms with Crippen LogP contribution in [0.1, 0.15) is 28.3 Å². The van der Waals surface area contributed by atoms with Gasteiger partial charge in [0.05, 0.1) is 18.0 Å². The van der Waals surface area contributed by atoms with Crippen molar-refractivity contribution in [2.24, 2.45) is 5.73 Å². The standard InChI is InChI=1S/C22H17FN4O2/c1-13-8-18-20(22(28)27(13)12-14-4-3-7-26-11-14)19(17(10-24)21(25)29-18)15-5-2-6-16(23)9-15/h2-9,11,19H,12,25H2,1H3/t19-/m0/s1. The van der Waals surface area contributed by atoms with E-state index in [1.165, 1.54) is 18.2 Å². The van der Waals surface area contributed by atoms with Crippen molar-refractivity contribution < 1.29 is 9.13 Å². The number of rotatable bonds is 3. The van der Waals surface area contributed by atoms with Gasteiger partial charge in [-0.25, -0.2) is 4.39 Å². The van der Waals surface area contributed by atoms with E-state index in [9.17, 15) is 14.4 Å². The van der Waals surface area contributed by atoms with Crippen LogP contribution < -0.4 is 16.0 Å². The average Bonchev–Trinajstić information content (AvgIpc) is 2.71. The number of hydrogen-bond donors (Lipinski definition) is 1. The third-order valence-electron chi connectivity index (χ3n) is 4.94. The third kappa shape index (κ3) is 3.25. The van der Waals surface area contributed by atoms with E-state index in [-0.39, 0.29) is 28.3 Å². The minimum absolute atomic E-state index is 0.0805. The van der Waals surface area contributed by atoms with Gasteiger partial charge in [-0.2, -0.15) is 5.26 Å². The van der Waals surface area contributed by atoms with Crippen LogP contribution in [0.25, 0.3) is 0 Å². The maximum Gasteiger partial charge on any atom is 0.259 e. The highest BCUT2D eigenvalue weighted by molar-refractivity contribution is 5.55. The lowest BCUT2D eigenvalue weighted by Crippen LogP contribution is -2.33. The molecule has 3 heterocycles. The molecule has 0 unspecified atom stereocenters. The van der Waals surface area contributed by atoms with E-state index in [4.69, 9.17) is 10.5 Å². The molecule has 0 aliphatic carbocycles. The Morgan fingerprint density at radius 3 is 2.83 bits per heavy atom. The van der Waals surface area contributed by atoms with E-state index in [1.807, 2.05) is 12.1 Å². The molecule has 29 heavy (non-hydrogen) atoms. The monoisotopic (exact) mass is 388 g/mol. The first-order valence-corrected chi connectivity index (χ1v) is 8.96. The maximum atomic E-state index is 13.9. The second-order valence-electron chi connectivity index (χ2n) is 6.80. The summed E-state index contributed by atoms with van der Waals surface area (Å²) in [6, 6.07) is 13.2. The molecule has 1 aliphatic rings. The fourth-order valence-corrected chi connectivity index (χ4v) is 3.58. The predicted octanol–water partition coefficient (Wildman–Crippen LogP) is 2.96. The first kappa shape index (κ1) is 18.4. The molecular formula is C22H17FN4O2. The van der Waals surface area contributed by atoms with Crippen LogP contribution in [0.15, 0.2) is 71.1 Å². The Kier molecular flexibility index (Phi) is 4.61. The Morgan fingerprint density at radius 1 is 1.31 bits per heavy atom. The lowest BCUT2D eigenvalue weighted by atomic mass is 9.84. The summed E-state index contributed by atoms with van der Waals surface area (Å²) in [7, 11) is 0. The van der Waals surface area contributed by atoms with Gasteiger partial charge < -0.3 is 15.0 Å². The van der Waals surface area contributed by atoms with Crippen LogP contribution in [0.4, 0.5) is 4.39 Å². The summed E-state index contributed by atoms with van der Waals surface area (Å²) < 4.78 is 21.1. The zero-order valence-electron chi connectivity index (χ0n) is 15.6. The number of allylic oxidation sites excluding steroid dienone is 1. The van der Waals surface area contributed by atoms with Crippen LogP contribution >= 0.6 is 0 Å². The van der Waals surface area contributed by atoms with Crippen LogP contribution in [0.5, 0.6) is 5.75 Å². The van der Waals surface area contributed by atoms with Gasteiger partial charge >= 0.3 is 0 Å². The van der Waals surface area contributed by atoms with Crippen molar-refractivity contribution in [1.82, 2.24) is 9.55 Å². The highest BCUT2D eigenvalue weighted by Crippen LogP contribution is 2.40. The van der Waals surface area contributed by atoms with Crippen LogP contribution in [-0.4, -0.2) is 9.55 Å². The summed E-state index contributed by atoms with van der Waals surface area (Å²) in [6.07, 6.45) is 3.34. The number of aryl methyl sites for hydroxylation is 1. The minimum Gasteiger partial charge on any atom is -0.440 e. The van der Waals surface area contributed by atoms with Gasteiger partial charge in [-0.3, -0.25) is 9.78 Å². The number of aromatic nitrogens is 2. The molecule has 0 saturated heterocycles. The number of benzene rings is 1. The second kappa shape index (κ2) is 7.24. The first-order valence-electron chi connectivity index (χ1n) is 8.96. The van der Waals surface area contributed by atoms with Crippen molar-refractivity contribution in [1.29, 1.82) is 5.26 Å². The highest BCUT2D eigenvalue weighted by atomic mass is 19.1. The molecule has 0 radical (unpaired) electrons. The molecule has 0 saturated carbocycles. The quantitative estimate of drug-likeness (QED) is 0.744. The SMILES string of the molecule is Cc1cc2c(c(=O)n1Cc1cccnc1)[C@@H](c1cccc(F)c1)C(C#N)=C(N)O2. The number of nitrogens with two attached hydrogens (primary N) is 1. The van der Waals surface area contributed by atoms with Crippen LogP contribution in [-0.2, 0) is 6.54 Å². The number of nitriles is 1. The summed E-state index contributed by atoms with van der Waals surface area (Å²) in [5.41, 5.74) is 7.96. The lowest BCUT2D eigenvalue weighted by molar-refractivity contribution is 0.388. The van der Waals surface area contributed by atoms with Gasteiger partial charge in [0.15, 0.2) is 0 Å². The molecule has 2 N–H and O–H groups in total. The number of hydrogen-bond acceptors (Lipinski definition) is 5. The summed E-state index contributed by atoms with van der Waals surface area (Å²) in [4.78, 5) is 17.6. The minimum atomic E-state index is -0.812. The molecule has 1 aromatic carbocycles. The van der Waals surface area contributed by atoms with Gasteiger partial charge in [0.1, 0.15) is 23.2 Å². The molecule has 0 amide bonds. The molecule has 1 atom stereocenters. The van der Waals surface area contributed by atoms with Crippen molar-refractivity contribution in [2.75, 3.05) is 0 Å². The lowest BCUT2D eigenvalue weighted by Gasteiger charge is -2.27. The molecule has 3 aromatic rings. The van der Waals surface area contributed by atoms with Crippen molar-refractivity contribution in [3.8, 4) is 11.8 Å². The number of ether oxygens (including phenoxy) is 1. The first-order chi connectivity index (χ1) is 14.0. The van der Waals surface area contributed by atoms with Gasteiger partial charge in [-0.15, -0.1) is 0 Å². The van der Waals surface area contributed by atoms with Gasteiger partial charge in [-0.1, -0.05) is 18.2 Å².